The molecule has 0 spiro atoms. The molecule has 14 heavy (non-hydrogen) atoms. The minimum Gasteiger partial charge on any atom is -0.389 e. The highest BCUT2D eigenvalue weighted by molar-refractivity contribution is 7.80. The maximum Gasteiger partial charge on any atom is 0.108 e. The van der Waals surface area contributed by atoms with E-state index in [1.807, 2.05) is 0 Å². The van der Waals surface area contributed by atoms with Crippen molar-refractivity contribution in [2.24, 2.45) is 5.84 Å². The fraction of sp³-hybridized carbons (Fsp3) is 0.333. The summed E-state index contributed by atoms with van der Waals surface area (Å²) in [6.07, 6.45) is -1.87. The van der Waals surface area contributed by atoms with Crippen LogP contribution in [0.1, 0.15) is 11.7 Å². The van der Waals surface area contributed by atoms with Crippen molar-refractivity contribution in [1.82, 2.24) is 0 Å². The Morgan fingerprint density at radius 2 is 2.00 bits per heavy atom. The van der Waals surface area contributed by atoms with Gasteiger partial charge in [0.1, 0.15) is 6.10 Å². The molecule has 0 radical (unpaired) electrons. The van der Waals surface area contributed by atoms with Gasteiger partial charge in [-0.2, -0.15) is 12.6 Å². The second-order valence-corrected chi connectivity index (χ2v) is 3.29. The second kappa shape index (κ2) is 5.21. The number of nitrogens with one attached hydrogen (secondary N) is 1. The van der Waals surface area contributed by atoms with Crippen molar-refractivity contribution in [3.05, 3.63) is 29.8 Å². The standard InChI is InChI=1S/C9H14N2O2S/c10-11-7-4-2-1-3-6(7)9(13)8(12)5-14/h1-4,8-9,11-14H,5,10H2. The first-order valence-electron chi connectivity index (χ1n) is 4.23. The van der Waals surface area contributed by atoms with Crippen molar-refractivity contribution in [2.45, 2.75) is 12.2 Å². The summed E-state index contributed by atoms with van der Waals surface area (Å²) in [6.45, 7) is 0. The number of nitrogen functional groups attached to an aromatic ring is 1. The molecule has 1 aromatic rings. The second-order valence-electron chi connectivity index (χ2n) is 2.93. The number of benzene rings is 1. The lowest BCUT2D eigenvalue weighted by molar-refractivity contribution is 0.0342. The molecule has 0 fully saturated rings. The summed E-state index contributed by atoms with van der Waals surface area (Å²) in [7, 11) is 0. The largest absolute Gasteiger partial charge is 0.389 e. The Labute approximate surface area is 88.1 Å². The number of nitrogens with two attached hydrogens (primary N) is 1. The summed E-state index contributed by atoms with van der Waals surface area (Å²) in [6, 6.07) is 6.99. The third kappa shape index (κ3) is 2.39. The summed E-state index contributed by atoms with van der Waals surface area (Å²) in [5.74, 6) is 5.46. The third-order valence-electron chi connectivity index (χ3n) is 1.99. The van der Waals surface area contributed by atoms with E-state index >= 15 is 0 Å². The smallest absolute Gasteiger partial charge is 0.108 e. The van der Waals surface area contributed by atoms with Crippen LogP contribution in [0.15, 0.2) is 24.3 Å². The predicted molar refractivity (Wildman–Crippen MR) is 59.1 cm³/mol. The SMILES string of the molecule is NNc1ccccc1C(O)C(O)CS. The van der Waals surface area contributed by atoms with Gasteiger partial charge in [0.2, 0.25) is 0 Å². The van der Waals surface area contributed by atoms with Gasteiger partial charge in [0, 0.05) is 11.3 Å². The van der Waals surface area contributed by atoms with E-state index in [1.54, 1.807) is 24.3 Å². The van der Waals surface area contributed by atoms with Gasteiger partial charge in [-0.15, -0.1) is 0 Å². The fourth-order valence-corrected chi connectivity index (χ4v) is 1.39. The fourth-order valence-electron chi connectivity index (χ4n) is 1.19. The highest BCUT2D eigenvalue weighted by atomic mass is 32.1. The molecule has 0 aliphatic carbocycles. The van der Waals surface area contributed by atoms with Crippen LogP contribution < -0.4 is 11.3 Å². The predicted octanol–water partition coefficient (Wildman–Crippen LogP) is 0.296. The van der Waals surface area contributed by atoms with Crippen LogP contribution in [0.25, 0.3) is 0 Å². The highest BCUT2D eigenvalue weighted by Gasteiger charge is 2.19. The third-order valence-corrected chi connectivity index (χ3v) is 2.36. The number of thiol groups is 1. The molecule has 0 aliphatic heterocycles. The van der Waals surface area contributed by atoms with E-state index in [4.69, 9.17) is 5.84 Å². The van der Waals surface area contributed by atoms with Crippen LogP contribution in [-0.2, 0) is 0 Å². The lowest BCUT2D eigenvalue weighted by Gasteiger charge is -2.18. The molecule has 4 nitrogen and oxygen atoms in total. The Kier molecular flexibility index (Phi) is 4.21. The number of aliphatic hydroxyl groups is 2. The molecule has 0 amide bonds. The molecule has 1 aromatic carbocycles. The van der Waals surface area contributed by atoms with Gasteiger partial charge in [-0.1, -0.05) is 18.2 Å². The molecule has 1 rings (SSSR count). The van der Waals surface area contributed by atoms with Gasteiger partial charge in [-0.25, -0.2) is 0 Å². The van der Waals surface area contributed by atoms with E-state index in [9.17, 15) is 10.2 Å². The zero-order chi connectivity index (χ0) is 10.6. The van der Waals surface area contributed by atoms with Crippen LogP contribution >= 0.6 is 12.6 Å². The molecule has 78 valence electrons. The van der Waals surface area contributed by atoms with Gasteiger partial charge >= 0.3 is 0 Å². The first-order chi connectivity index (χ1) is 6.70. The Morgan fingerprint density at radius 3 is 2.57 bits per heavy atom. The zero-order valence-corrected chi connectivity index (χ0v) is 8.48. The lowest BCUT2D eigenvalue weighted by Crippen LogP contribution is -2.21. The van der Waals surface area contributed by atoms with E-state index in [-0.39, 0.29) is 5.75 Å². The van der Waals surface area contributed by atoms with Crippen molar-refractivity contribution in [2.75, 3.05) is 11.2 Å². The van der Waals surface area contributed by atoms with Gasteiger partial charge in [-0.3, -0.25) is 5.84 Å². The average molecular weight is 214 g/mol. The summed E-state index contributed by atoms with van der Waals surface area (Å²) in [4.78, 5) is 0. The van der Waals surface area contributed by atoms with Crippen LogP contribution in [0.5, 0.6) is 0 Å². The molecule has 5 heteroatoms. The van der Waals surface area contributed by atoms with Gasteiger partial charge in [-0.05, 0) is 6.07 Å². The Balaban J connectivity index is 2.93. The molecule has 5 N–H and O–H groups in total. The molecule has 0 heterocycles. The van der Waals surface area contributed by atoms with Crippen molar-refractivity contribution in [3.8, 4) is 0 Å². The van der Waals surface area contributed by atoms with E-state index in [0.717, 1.165) is 0 Å². The number of hydrogen-bond donors (Lipinski definition) is 5. The van der Waals surface area contributed by atoms with Gasteiger partial charge in [0.15, 0.2) is 0 Å². The summed E-state index contributed by atoms with van der Waals surface area (Å²) in [5, 5.41) is 19.1. The Bertz CT molecular complexity index is 296. The number of rotatable bonds is 4. The topological polar surface area (TPSA) is 78.5 Å². The van der Waals surface area contributed by atoms with Crippen LogP contribution in [0.2, 0.25) is 0 Å². The van der Waals surface area contributed by atoms with Crippen molar-refractivity contribution >= 4 is 18.3 Å². The van der Waals surface area contributed by atoms with E-state index in [0.29, 0.717) is 11.3 Å². The number of hydrazine groups is 1. The van der Waals surface area contributed by atoms with E-state index < -0.39 is 12.2 Å². The summed E-state index contributed by atoms with van der Waals surface area (Å²) < 4.78 is 0. The quantitative estimate of drug-likeness (QED) is 0.284. The van der Waals surface area contributed by atoms with Gasteiger partial charge < -0.3 is 15.6 Å². The van der Waals surface area contributed by atoms with Crippen LogP contribution in [0, 0.1) is 0 Å². The number of para-hydroxylation sites is 1. The molecule has 0 saturated heterocycles. The summed E-state index contributed by atoms with van der Waals surface area (Å²) in [5.41, 5.74) is 3.62. The molecule has 0 aromatic heterocycles. The maximum absolute atomic E-state index is 9.71. The van der Waals surface area contributed by atoms with Gasteiger partial charge in [0.05, 0.1) is 11.8 Å². The molecule has 0 aliphatic rings. The van der Waals surface area contributed by atoms with E-state index in [1.165, 1.54) is 0 Å². The lowest BCUT2D eigenvalue weighted by atomic mass is 10.0. The van der Waals surface area contributed by atoms with Crippen LogP contribution in [0.4, 0.5) is 5.69 Å². The highest BCUT2D eigenvalue weighted by Crippen LogP contribution is 2.24. The normalized spacial score (nSPS) is 14.9. The molecular formula is C9H14N2O2S. The Morgan fingerprint density at radius 1 is 1.36 bits per heavy atom. The first kappa shape index (κ1) is 11.3. The number of aliphatic hydroxyl groups excluding tert-OH is 2. The average Bonchev–Trinajstić information content (AvgIpc) is 2.26. The molecule has 0 saturated carbocycles. The molecule has 0 bridgehead atoms. The van der Waals surface area contributed by atoms with Crippen molar-refractivity contribution in [3.63, 3.8) is 0 Å². The van der Waals surface area contributed by atoms with Crippen molar-refractivity contribution in [1.29, 1.82) is 0 Å². The minimum absolute atomic E-state index is 0.195. The first-order valence-corrected chi connectivity index (χ1v) is 4.86. The van der Waals surface area contributed by atoms with E-state index in [2.05, 4.69) is 18.1 Å². The Hall–Kier alpha value is -0.750. The summed E-state index contributed by atoms with van der Waals surface area (Å²) >= 11 is 3.91. The molecular weight excluding hydrogens is 200 g/mol. The molecule has 2 atom stereocenters. The van der Waals surface area contributed by atoms with Gasteiger partial charge in [0.25, 0.3) is 0 Å². The number of hydrogen-bond acceptors (Lipinski definition) is 5. The minimum atomic E-state index is -0.972. The monoisotopic (exact) mass is 214 g/mol. The maximum atomic E-state index is 9.71. The zero-order valence-electron chi connectivity index (χ0n) is 7.59. The van der Waals surface area contributed by atoms with Crippen LogP contribution in [0.3, 0.4) is 0 Å². The molecule has 2 unspecified atom stereocenters. The van der Waals surface area contributed by atoms with Crippen LogP contribution in [-0.4, -0.2) is 22.1 Å². The van der Waals surface area contributed by atoms with Crippen molar-refractivity contribution < 1.29 is 10.2 Å². The number of anilines is 1.